The van der Waals surface area contributed by atoms with E-state index in [1.54, 1.807) is 19.5 Å². The summed E-state index contributed by atoms with van der Waals surface area (Å²) in [6, 6.07) is 9.80. The van der Waals surface area contributed by atoms with Crippen LogP contribution in [0.15, 0.2) is 48.9 Å². The number of carbonyl (C=O) groups is 1. The Balaban J connectivity index is 1.69. The molecular formula is C21H22N6O2. The van der Waals surface area contributed by atoms with Gasteiger partial charge in [0.25, 0.3) is 0 Å². The molecule has 1 amide bonds. The molecule has 0 fully saturated rings. The fraction of sp³-hybridized carbons (Fsp3) is 0.238. The van der Waals surface area contributed by atoms with Crippen LogP contribution < -0.4 is 10.5 Å². The number of rotatable bonds is 7. The molecule has 0 spiro atoms. The normalized spacial score (nSPS) is 11.1. The lowest BCUT2D eigenvalue weighted by atomic mass is 10.2. The second kappa shape index (κ2) is 7.75. The number of aryl methyl sites for hydroxylation is 2. The minimum Gasteiger partial charge on any atom is -0.497 e. The summed E-state index contributed by atoms with van der Waals surface area (Å²) in [4.78, 5) is 20.3. The Kier molecular flexibility index (Phi) is 4.99. The molecule has 3 heterocycles. The largest absolute Gasteiger partial charge is 0.497 e. The third-order valence-electron chi connectivity index (χ3n) is 4.80. The molecule has 1 aromatic carbocycles. The molecule has 0 radical (unpaired) electrons. The number of fused-ring (bicyclic) bond motifs is 1. The molecule has 0 atom stereocenters. The van der Waals surface area contributed by atoms with Gasteiger partial charge in [-0.2, -0.15) is 5.10 Å². The summed E-state index contributed by atoms with van der Waals surface area (Å²) in [6.07, 6.45) is 6.40. The first-order valence-electron chi connectivity index (χ1n) is 9.36. The van der Waals surface area contributed by atoms with E-state index >= 15 is 0 Å². The van der Waals surface area contributed by atoms with Gasteiger partial charge in [-0.25, -0.2) is 9.97 Å². The Hall–Kier alpha value is -3.68. The van der Waals surface area contributed by atoms with E-state index in [1.165, 1.54) is 0 Å². The van der Waals surface area contributed by atoms with Crippen molar-refractivity contribution in [1.29, 1.82) is 0 Å². The summed E-state index contributed by atoms with van der Waals surface area (Å²) in [5.74, 6) is 1.25. The van der Waals surface area contributed by atoms with Gasteiger partial charge in [0.2, 0.25) is 5.91 Å². The van der Waals surface area contributed by atoms with E-state index in [2.05, 4.69) is 10.1 Å². The predicted octanol–water partition coefficient (Wildman–Crippen LogP) is 2.87. The minimum atomic E-state index is -0.302. The van der Waals surface area contributed by atoms with Crippen LogP contribution in [-0.4, -0.2) is 37.3 Å². The Morgan fingerprint density at radius 3 is 2.76 bits per heavy atom. The van der Waals surface area contributed by atoms with Crippen molar-refractivity contribution < 1.29 is 9.53 Å². The summed E-state index contributed by atoms with van der Waals surface area (Å²) in [7, 11) is 1.65. The summed E-state index contributed by atoms with van der Waals surface area (Å²) >= 11 is 0. The Morgan fingerprint density at radius 1 is 1.24 bits per heavy atom. The number of pyridine rings is 1. The van der Waals surface area contributed by atoms with Crippen LogP contribution in [0.2, 0.25) is 0 Å². The van der Waals surface area contributed by atoms with Gasteiger partial charge in [0, 0.05) is 31.0 Å². The maximum absolute atomic E-state index is 11.0. The lowest BCUT2D eigenvalue weighted by Crippen LogP contribution is -2.12. The number of aromatic nitrogens is 5. The van der Waals surface area contributed by atoms with E-state index in [0.29, 0.717) is 19.4 Å². The molecule has 0 aliphatic heterocycles. The molecule has 4 rings (SSSR count). The van der Waals surface area contributed by atoms with Crippen molar-refractivity contribution in [2.24, 2.45) is 5.73 Å². The number of amides is 1. The second-order valence-electron chi connectivity index (χ2n) is 6.81. The van der Waals surface area contributed by atoms with Crippen LogP contribution in [0.25, 0.3) is 28.2 Å². The molecule has 2 N–H and O–H groups in total. The number of carbonyl (C=O) groups excluding carboxylic acids is 1. The topological polar surface area (TPSA) is 101 Å². The fourth-order valence-electron chi connectivity index (χ4n) is 3.43. The lowest BCUT2D eigenvalue weighted by Gasteiger charge is -2.10. The van der Waals surface area contributed by atoms with E-state index in [9.17, 15) is 4.79 Å². The molecule has 0 saturated carbocycles. The number of nitrogens with zero attached hydrogens (tertiary/aromatic N) is 5. The summed E-state index contributed by atoms with van der Waals surface area (Å²) in [5, 5.41) is 4.44. The average Bonchev–Trinajstić information content (AvgIpc) is 3.35. The van der Waals surface area contributed by atoms with E-state index < -0.39 is 0 Å². The fourth-order valence-corrected chi connectivity index (χ4v) is 3.43. The SMILES string of the molecule is COc1ccc(-n2ccnc2-c2cc(C)c3c(cnn3CCCC(N)=O)n2)cc1. The van der Waals surface area contributed by atoms with Gasteiger partial charge < -0.3 is 10.5 Å². The third kappa shape index (κ3) is 3.69. The van der Waals surface area contributed by atoms with Crippen LogP contribution in [0, 0.1) is 6.92 Å². The first-order chi connectivity index (χ1) is 14.1. The maximum atomic E-state index is 11.0. The molecule has 8 nitrogen and oxygen atoms in total. The van der Waals surface area contributed by atoms with Crippen molar-refractivity contribution in [3.63, 3.8) is 0 Å². The van der Waals surface area contributed by atoms with Crippen LogP contribution in [0.5, 0.6) is 5.75 Å². The van der Waals surface area contributed by atoms with Gasteiger partial charge in [0.05, 0.1) is 18.8 Å². The van der Waals surface area contributed by atoms with E-state index in [-0.39, 0.29) is 5.91 Å². The number of imidazole rings is 1. The molecule has 0 bridgehead atoms. The monoisotopic (exact) mass is 390 g/mol. The zero-order valence-corrected chi connectivity index (χ0v) is 16.4. The van der Waals surface area contributed by atoms with Gasteiger partial charge in [-0.15, -0.1) is 0 Å². The van der Waals surface area contributed by atoms with Crippen molar-refractivity contribution in [2.45, 2.75) is 26.3 Å². The quantitative estimate of drug-likeness (QED) is 0.523. The van der Waals surface area contributed by atoms with Crippen molar-refractivity contribution in [3.8, 4) is 23.0 Å². The highest BCUT2D eigenvalue weighted by Crippen LogP contribution is 2.26. The number of nitrogens with two attached hydrogens (primary N) is 1. The highest BCUT2D eigenvalue weighted by molar-refractivity contribution is 5.81. The molecular weight excluding hydrogens is 368 g/mol. The molecule has 3 aromatic heterocycles. The molecule has 0 unspecified atom stereocenters. The molecule has 148 valence electrons. The van der Waals surface area contributed by atoms with Crippen molar-refractivity contribution in [2.75, 3.05) is 7.11 Å². The van der Waals surface area contributed by atoms with Crippen LogP contribution in [-0.2, 0) is 11.3 Å². The zero-order valence-electron chi connectivity index (χ0n) is 16.4. The summed E-state index contributed by atoms with van der Waals surface area (Å²) < 4.78 is 9.10. The molecule has 0 saturated heterocycles. The van der Waals surface area contributed by atoms with Crippen LogP contribution >= 0.6 is 0 Å². The Labute approximate surface area is 167 Å². The van der Waals surface area contributed by atoms with Crippen molar-refractivity contribution in [1.82, 2.24) is 24.3 Å². The lowest BCUT2D eigenvalue weighted by molar-refractivity contribution is -0.118. The third-order valence-corrected chi connectivity index (χ3v) is 4.80. The Morgan fingerprint density at radius 2 is 2.03 bits per heavy atom. The smallest absolute Gasteiger partial charge is 0.217 e. The molecule has 29 heavy (non-hydrogen) atoms. The number of hydrogen-bond acceptors (Lipinski definition) is 5. The minimum absolute atomic E-state index is 0.302. The standard InChI is InChI=1S/C21H22N6O2/c1-14-12-17(25-18-13-24-27(20(14)18)10-3-4-19(22)28)21-23-9-11-26(21)15-5-7-16(29-2)8-6-15/h5-9,11-13H,3-4,10H2,1-2H3,(H2,22,28). The second-order valence-corrected chi connectivity index (χ2v) is 6.81. The van der Waals surface area contributed by atoms with Crippen molar-refractivity contribution >= 4 is 16.9 Å². The van der Waals surface area contributed by atoms with Crippen LogP contribution in [0.4, 0.5) is 0 Å². The number of primary amides is 1. The predicted molar refractivity (Wildman–Crippen MR) is 110 cm³/mol. The number of ether oxygens (including phenoxy) is 1. The van der Waals surface area contributed by atoms with Gasteiger partial charge in [0.1, 0.15) is 17.0 Å². The van der Waals surface area contributed by atoms with Crippen LogP contribution in [0.1, 0.15) is 18.4 Å². The van der Waals surface area contributed by atoms with E-state index in [1.807, 2.05) is 52.7 Å². The molecule has 4 aromatic rings. The number of benzene rings is 1. The van der Waals surface area contributed by atoms with Gasteiger partial charge in [-0.1, -0.05) is 0 Å². The van der Waals surface area contributed by atoms with Gasteiger partial charge in [-0.3, -0.25) is 14.0 Å². The van der Waals surface area contributed by atoms with Gasteiger partial charge >= 0.3 is 0 Å². The number of methoxy groups -OCH3 is 1. The number of hydrogen-bond donors (Lipinski definition) is 1. The molecule has 0 aliphatic rings. The first-order valence-corrected chi connectivity index (χ1v) is 9.36. The maximum Gasteiger partial charge on any atom is 0.217 e. The van der Waals surface area contributed by atoms with Gasteiger partial charge in [-0.05, 0) is 49.2 Å². The first kappa shape index (κ1) is 18.7. The highest BCUT2D eigenvalue weighted by atomic mass is 16.5. The van der Waals surface area contributed by atoms with E-state index in [0.717, 1.165) is 39.6 Å². The van der Waals surface area contributed by atoms with Gasteiger partial charge in [0.15, 0.2) is 5.82 Å². The zero-order chi connectivity index (χ0) is 20.4. The highest BCUT2D eigenvalue weighted by Gasteiger charge is 2.14. The Bertz CT molecular complexity index is 1160. The summed E-state index contributed by atoms with van der Waals surface area (Å²) in [5.41, 5.74) is 9.77. The van der Waals surface area contributed by atoms with Crippen molar-refractivity contribution in [3.05, 3.63) is 54.5 Å². The molecule has 0 aliphatic carbocycles. The average molecular weight is 390 g/mol. The molecule has 8 heteroatoms. The van der Waals surface area contributed by atoms with E-state index in [4.69, 9.17) is 15.5 Å². The van der Waals surface area contributed by atoms with Crippen LogP contribution in [0.3, 0.4) is 0 Å². The summed E-state index contributed by atoms with van der Waals surface area (Å²) in [6.45, 7) is 2.65.